The van der Waals surface area contributed by atoms with Gasteiger partial charge in [0.15, 0.2) is 5.67 Å². The van der Waals surface area contributed by atoms with Gasteiger partial charge < -0.3 is 9.64 Å². The van der Waals surface area contributed by atoms with E-state index in [9.17, 15) is 18.0 Å². The number of hydrogen-bond acceptors (Lipinski definition) is 4. The van der Waals surface area contributed by atoms with Crippen molar-refractivity contribution in [3.63, 3.8) is 0 Å². The molecule has 30 heavy (non-hydrogen) atoms. The molecule has 8 heteroatoms. The van der Waals surface area contributed by atoms with Crippen molar-refractivity contribution in [2.75, 3.05) is 18.1 Å². The number of hydrogen-bond donors (Lipinski definition) is 0. The van der Waals surface area contributed by atoms with Crippen LogP contribution in [0.3, 0.4) is 0 Å². The summed E-state index contributed by atoms with van der Waals surface area (Å²) in [4.78, 5) is 18.5. The van der Waals surface area contributed by atoms with E-state index in [4.69, 9.17) is 4.74 Å². The molecule has 1 unspecified atom stereocenters. The van der Waals surface area contributed by atoms with Crippen LogP contribution in [0.4, 0.5) is 19.0 Å². The zero-order valence-electron chi connectivity index (χ0n) is 16.6. The molecule has 0 saturated carbocycles. The molecule has 0 saturated heterocycles. The highest BCUT2D eigenvalue weighted by Crippen LogP contribution is 2.32. The van der Waals surface area contributed by atoms with Crippen molar-refractivity contribution in [1.82, 2.24) is 9.55 Å². The summed E-state index contributed by atoms with van der Waals surface area (Å²) in [5, 5.41) is 0. The fourth-order valence-electron chi connectivity index (χ4n) is 3.57. The summed E-state index contributed by atoms with van der Waals surface area (Å²) < 4.78 is 48.1. The van der Waals surface area contributed by atoms with Crippen LogP contribution in [-0.2, 0) is 13.1 Å². The van der Waals surface area contributed by atoms with Gasteiger partial charge in [-0.2, -0.15) is 4.98 Å². The predicted molar refractivity (Wildman–Crippen MR) is 107 cm³/mol. The number of benzene rings is 1. The van der Waals surface area contributed by atoms with Gasteiger partial charge in [0.2, 0.25) is 5.88 Å². The number of halogens is 3. The second-order valence-corrected chi connectivity index (χ2v) is 7.75. The summed E-state index contributed by atoms with van der Waals surface area (Å²) in [7, 11) is 0. The van der Waals surface area contributed by atoms with Crippen molar-refractivity contribution in [2.24, 2.45) is 0 Å². The molecule has 1 atom stereocenters. The highest BCUT2D eigenvalue weighted by atomic mass is 19.2. The van der Waals surface area contributed by atoms with Crippen molar-refractivity contribution in [3.8, 4) is 5.88 Å². The Labute approximate surface area is 172 Å². The van der Waals surface area contributed by atoms with Crippen molar-refractivity contribution < 1.29 is 17.9 Å². The van der Waals surface area contributed by atoms with Gasteiger partial charge in [-0.1, -0.05) is 18.2 Å². The van der Waals surface area contributed by atoms with Crippen molar-refractivity contribution >= 4 is 5.82 Å². The van der Waals surface area contributed by atoms with E-state index in [1.807, 2.05) is 4.90 Å². The first kappa shape index (κ1) is 20.3. The van der Waals surface area contributed by atoms with Gasteiger partial charge >= 0.3 is 5.69 Å². The molecule has 2 aliphatic rings. The summed E-state index contributed by atoms with van der Waals surface area (Å²) >= 11 is 0. The number of nitrogens with zero attached hydrogens (tertiary/aromatic N) is 3. The van der Waals surface area contributed by atoms with Gasteiger partial charge in [-0.05, 0) is 42.7 Å². The van der Waals surface area contributed by atoms with Crippen LogP contribution < -0.4 is 15.3 Å². The maximum Gasteiger partial charge on any atom is 0.352 e. The fraction of sp³-hybridized carbons (Fsp3) is 0.364. The van der Waals surface area contributed by atoms with Gasteiger partial charge in [-0.3, -0.25) is 4.57 Å². The van der Waals surface area contributed by atoms with Gasteiger partial charge in [0.25, 0.3) is 0 Å². The van der Waals surface area contributed by atoms with E-state index < -0.39 is 17.2 Å². The number of ether oxygens (including phenoxy) is 1. The maximum absolute atomic E-state index is 13.9. The molecule has 5 nitrogen and oxygen atoms in total. The summed E-state index contributed by atoms with van der Waals surface area (Å²) in [6, 6.07) is 7.90. The molecule has 0 N–H and O–H groups in total. The summed E-state index contributed by atoms with van der Waals surface area (Å²) in [6.45, 7) is 2.97. The maximum atomic E-state index is 13.9. The Morgan fingerprint density at radius 2 is 1.97 bits per heavy atom. The Bertz CT molecular complexity index is 1060. The Kier molecular flexibility index (Phi) is 5.40. The molecule has 2 aromatic rings. The first-order valence-electron chi connectivity index (χ1n) is 9.81. The lowest BCUT2D eigenvalue weighted by atomic mass is 9.94. The van der Waals surface area contributed by atoms with Crippen LogP contribution in [0.1, 0.15) is 25.3 Å². The van der Waals surface area contributed by atoms with E-state index in [0.29, 0.717) is 24.5 Å². The van der Waals surface area contributed by atoms with Crippen LogP contribution in [0.25, 0.3) is 0 Å². The highest BCUT2D eigenvalue weighted by Gasteiger charge is 2.31. The molecule has 158 valence electrons. The first-order valence-corrected chi connectivity index (χ1v) is 9.81. The van der Waals surface area contributed by atoms with E-state index in [1.54, 1.807) is 28.8 Å². The smallest absolute Gasteiger partial charge is 0.352 e. The molecule has 1 aromatic carbocycles. The summed E-state index contributed by atoms with van der Waals surface area (Å²) in [5.74, 6) is -0.353. The summed E-state index contributed by atoms with van der Waals surface area (Å²) in [6.07, 6.45) is 3.42. The average molecular weight is 417 g/mol. The SMILES string of the molecule is CC1(F)CC=C(COc2cc3n(c(=O)n2)CCCN3Cc2ccc(F)cc2)C=C1F. The molecule has 1 aromatic heterocycles. The molecule has 2 heterocycles. The number of rotatable bonds is 5. The molecule has 0 radical (unpaired) electrons. The molecule has 0 spiro atoms. The molecule has 1 aliphatic heterocycles. The van der Waals surface area contributed by atoms with Crippen LogP contribution in [0.2, 0.25) is 0 Å². The number of alkyl halides is 1. The van der Waals surface area contributed by atoms with Gasteiger partial charge in [-0.15, -0.1) is 0 Å². The number of aromatic nitrogens is 2. The average Bonchev–Trinajstić information content (AvgIpc) is 2.71. The van der Waals surface area contributed by atoms with Crippen molar-refractivity contribution in [2.45, 2.75) is 38.5 Å². The van der Waals surface area contributed by atoms with E-state index in [2.05, 4.69) is 4.98 Å². The molecule has 0 bridgehead atoms. The fourth-order valence-corrected chi connectivity index (χ4v) is 3.57. The third kappa shape index (κ3) is 4.27. The van der Waals surface area contributed by atoms with E-state index in [-0.39, 0.29) is 24.7 Å². The van der Waals surface area contributed by atoms with Crippen molar-refractivity contribution in [1.29, 1.82) is 0 Å². The lowest BCUT2D eigenvalue weighted by Gasteiger charge is -2.32. The minimum atomic E-state index is -1.99. The normalized spacial score (nSPS) is 21.0. The van der Waals surface area contributed by atoms with E-state index in [0.717, 1.165) is 24.6 Å². The van der Waals surface area contributed by atoms with Gasteiger partial charge in [0.05, 0.1) is 0 Å². The number of allylic oxidation sites excluding steroid dienone is 2. The lowest BCUT2D eigenvalue weighted by Crippen LogP contribution is -2.38. The Balaban J connectivity index is 1.53. The van der Waals surface area contributed by atoms with E-state index in [1.165, 1.54) is 19.1 Å². The molecular weight excluding hydrogens is 395 g/mol. The van der Waals surface area contributed by atoms with Gasteiger partial charge in [0.1, 0.15) is 24.1 Å². The molecule has 0 amide bonds. The minimum Gasteiger partial charge on any atom is -0.473 e. The summed E-state index contributed by atoms with van der Waals surface area (Å²) in [5.41, 5.74) is -1.01. The van der Waals surface area contributed by atoms with Gasteiger partial charge in [-0.25, -0.2) is 18.0 Å². The Hall–Kier alpha value is -3.03. The second-order valence-electron chi connectivity index (χ2n) is 7.75. The largest absolute Gasteiger partial charge is 0.473 e. The topological polar surface area (TPSA) is 47.4 Å². The van der Waals surface area contributed by atoms with Gasteiger partial charge in [0, 0.05) is 32.1 Å². The monoisotopic (exact) mass is 417 g/mol. The third-order valence-corrected chi connectivity index (χ3v) is 5.33. The van der Waals surface area contributed by atoms with Crippen LogP contribution in [0, 0.1) is 5.82 Å². The zero-order chi connectivity index (χ0) is 21.3. The van der Waals surface area contributed by atoms with E-state index >= 15 is 0 Å². The Morgan fingerprint density at radius 1 is 1.20 bits per heavy atom. The predicted octanol–water partition coefficient (Wildman–Crippen LogP) is 4.08. The highest BCUT2D eigenvalue weighted by molar-refractivity contribution is 5.45. The van der Waals surface area contributed by atoms with Crippen molar-refractivity contribution in [3.05, 3.63) is 75.7 Å². The zero-order valence-corrected chi connectivity index (χ0v) is 16.6. The number of anilines is 1. The Morgan fingerprint density at radius 3 is 2.70 bits per heavy atom. The standard InChI is InChI=1S/C22H22F3N3O2/c1-22(25)8-7-16(11-18(22)24)14-30-19-12-20-27(9-2-10-28(20)21(29)26-19)13-15-3-5-17(23)6-4-15/h3-7,11-12H,2,8-10,13-14H2,1H3. The molecule has 1 aliphatic carbocycles. The molecular formula is C22H22F3N3O2. The molecule has 4 rings (SSSR count). The lowest BCUT2D eigenvalue weighted by molar-refractivity contribution is 0.197. The first-order chi connectivity index (χ1) is 14.3. The van der Waals surface area contributed by atoms with Crippen LogP contribution in [0.15, 0.2) is 58.7 Å². The second kappa shape index (κ2) is 8.01. The molecule has 0 fully saturated rings. The third-order valence-electron chi connectivity index (χ3n) is 5.33. The van der Waals surface area contributed by atoms with Crippen LogP contribution in [0.5, 0.6) is 5.88 Å². The van der Waals surface area contributed by atoms with Crippen LogP contribution in [-0.4, -0.2) is 28.4 Å². The quantitative estimate of drug-likeness (QED) is 0.736. The number of fused-ring (bicyclic) bond motifs is 1. The van der Waals surface area contributed by atoms with Crippen LogP contribution >= 0.6 is 0 Å². The minimum absolute atomic E-state index is 0.0165.